The Bertz CT molecular complexity index is 571. The van der Waals surface area contributed by atoms with Crippen LogP contribution in [0, 0.1) is 0 Å². The fraction of sp³-hybridized carbons (Fsp3) is 0.400. The van der Waals surface area contributed by atoms with Crippen LogP contribution < -0.4 is 16.0 Å². The predicted octanol–water partition coefficient (Wildman–Crippen LogP) is 1.04. The number of amides is 3. The Balaban J connectivity index is 2.08. The molecule has 1 heterocycles. The quantitative estimate of drug-likeness (QED) is 0.774. The molecular weight excluding hydrogens is 270 g/mol. The Morgan fingerprint density at radius 2 is 2.05 bits per heavy atom. The molecule has 2 rings (SSSR count). The number of benzene rings is 1. The lowest BCUT2D eigenvalue weighted by Crippen LogP contribution is -2.45. The largest absolute Gasteiger partial charge is 0.354 e. The predicted molar refractivity (Wildman–Crippen MR) is 78.8 cm³/mol. The van der Waals surface area contributed by atoms with Crippen molar-refractivity contribution in [3.05, 3.63) is 29.8 Å². The van der Waals surface area contributed by atoms with Gasteiger partial charge in [-0.15, -0.1) is 0 Å². The Morgan fingerprint density at radius 3 is 2.76 bits per heavy atom. The summed E-state index contributed by atoms with van der Waals surface area (Å²) in [4.78, 5) is 36.1. The van der Waals surface area contributed by atoms with Crippen molar-refractivity contribution in [2.75, 3.05) is 5.32 Å². The van der Waals surface area contributed by atoms with Gasteiger partial charge >= 0.3 is 0 Å². The van der Waals surface area contributed by atoms with Gasteiger partial charge in [-0.25, -0.2) is 0 Å². The maximum Gasteiger partial charge on any atom is 0.254 e. The standard InChI is InChI=1S/C15H19N3O3/c1-3-9(2)16-13(19)8-12-15(21)17-11-7-5-4-6-10(11)14(20)18-12/h4-7,9,12H,3,8H2,1-2H3,(H,16,19)(H,17,21)(H,18,20). The minimum absolute atomic E-state index is 0.0410. The van der Waals surface area contributed by atoms with Gasteiger partial charge in [0.1, 0.15) is 6.04 Å². The van der Waals surface area contributed by atoms with Crippen LogP contribution in [0.3, 0.4) is 0 Å². The molecule has 6 heteroatoms. The second-order valence-corrected chi connectivity index (χ2v) is 5.14. The van der Waals surface area contributed by atoms with E-state index in [1.807, 2.05) is 13.8 Å². The highest BCUT2D eigenvalue weighted by Gasteiger charge is 2.29. The first-order chi connectivity index (χ1) is 10.0. The molecule has 1 aliphatic heterocycles. The normalized spacial score (nSPS) is 18.9. The number of carbonyl (C=O) groups is 3. The Kier molecular flexibility index (Phi) is 4.57. The zero-order valence-electron chi connectivity index (χ0n) is 12.1. The van der Waals surface area contributed by atoms with E-state index in [1.165, 1.54) is 0 Å². The van der Waals surface area contributed by atoms with Gasteiger partial charge in [-0.2, -0.15) is 0 Å². The first-order valence-corrected chi connectivity index (χ1v) is 7.01. The van der Waals surface area contributed by atoms with Crippen molar-refractivity contribution in [1.29, 1.82) is 0 Å². The molecule has 0 radical (unpaired) electrons. The lowest BCUT2D eigenvalue weighted by Gasteiger charge is -2.16. The highest BCUT2D eigenvalue weighted by molar-refractivity contribution is 6.10. The van der Waals surface area contributed by atoms with E-state index >= 15 is 0 Å². The summed E-state index contributed by atoms with van der Waals surface area (Å²) in [5.41, 5.74) is 0.862. The molecule has 1 aromatic carbocycles. The van der Waals surface area contributed by atoms with Gasteiger partial charge < -0.3 is 16.0 Å². The maximum absolute atomic E-state index is 12.1. The zero-order chi connectivity index (χ0) is 15.4. The minimum atomic E-state index is -0.867. The van der Waals surface area contributed by atoms with Crippen LogP contribution in [-0.2, 0) is 9.59 Å². The summed E-state index contributed by atoms with van der Waals surface area (Å²) in [6.45, 7) is 3.85. The van der Waals surface area contributed by atoms with E-state index in [4.69, 9.17) is 0 Å². The Morgan fingerprint density at radius 1 is 1.33 bits per heavy atom. The number of hydrogen-bond donors (Lipinski definition) is 3. The van der Waals surface area contributed by atoms with E-state index in [9.17, 15) is 14.4 Å². The summed E-state index contributed by atoms with van der Waals surface area (Å²) >= 11 is 0. The van der Waals surface area contributed by atoms with Crippen molar-refractivity contribution in [2.45, 2.75) is 38.8 Å². The van der Waals surface area contributed by atoms with Gasteiger partial charge in [0.2, 0.25) is 11.8 Å². The monoisotopic (exact) mass is 289 g/mol. The number of rotatable bonds is 4. The molecule has 0 saturated carbocycles. The van der Waals surface area contributed by atoms with E-state index in [1.54, 1.807) is 24.3 Å². The van der Waals surface area contributed by atoms with Gasteiger partial charge in [0.25, 0.3) is 5.91 Å². The van der Waals surface area contributed by atoms with Crippen molar-refractivity contribution in [1.82, 2.24) is 10.6 Å². The first-order valence-electron chi connectivity index (χ1n) is 7.01. The molecule has 0 bridgehead atoms. The van der Waals surface area contributed by atoms with Crippen LogP contribution in [0.4, 0.5) is 5.69 Å². The molecule has 0 saturated heterocycles. The summed E-state index contributed by atoms with van der Waals surface area (Å²) in [5.74, 6) is -0.992. The van der Waals surface area contributed by atoms with Gasteiger partial charge in [-0.3, -0.25) is 14.4 Å². The van der Waals surface area contributed by atoms with Gasteiger partial charge in [0.05, 0.1) is 17.7 Å². The second kappa shape index (κ2) is 6.39. The molecule has 2 unspecified atom stereocenters. The molecule has 0 spiro atoms. The van der Waals surface area contributed by atoms with E-state index in [0.717, 1.165) is 6.42 Å². The molecule has 3 amide bonds. The van der Waals surface area contributed by atoms with E-state index < -0.39 is 6.04 Å². The van der Waals surface area contributed by atoms with E-state index in [-0.39, 0.29) is 30.2 Å². The average molecular weight is 289 g/mol. The number of anilines is 1. The van der Waals surface area contributed by atoms with Crippen molar-refractivity contribution >= 4 is 23.4 Å². The van der Waals surface area contributed by atoms with Crippen LogP contribution in [0.15, 0.2) is 24.3 Å². The number of hydrogen-bond acceptors (Lipinski definition) is 3. The summed E-state index contributed by atoms with van der Waals surface area (Å²) in [6, 6.07) is 5.93. The van der Waals surface area contributed by atoms with Gasteiger partial charge in [-0.1, -0.05) is 19.1 Å². The zero-order valence-corrected chi connectivity index (χ0v) is 12.1. The summed E-state index contributed by atoms with van der Waals surface area (Å²) in [5, 5.41) is 8.05. The minimum Gasteiger partial charge on any atom is -0.354 e. The van der Waals surface area contributed by atoms with Crippen molar-refractivity contribution in [2.24, 2.45) is 0 Å². The lowest BCUT2D eigenvalue weighted by molar-refractivity contribution is -0.126. The fourth-order valence-electron chi connectivity index (χ4n) is 2.08. The first kappa shape index (κ1) is 15.0. The van der Waals surface area contributed by atoms with Crippen LogP contribution in [0.2, 0.25) is 0 Å². The van der Waals surface area contributed by atoms with Gasteiger partial charge in [-0.05, 0) is 25.5 Å². The summed E-state index contributed by atoms with van der Waals surface area (Å²) in [6.07, 6.45) is 0.732. The highest BCUT2D eigenvalue weighted by atomic mass is 16.2. The molecule has 1 aliphatic rings. The molecule has 1 aromatic rings. The van der Waals surface area contributed by atoms with E-state index in [2.05, 4.69) is 16.0 Å². The third kappa shape index (κ3) is 3.59. The van der Waals surface area contributed by atoms with Crippen molar-refractivity contribution < 1.29 is 14.4 Å². The second-order valence-electron chi connectivity index (χ2n) is 5.14. The maximum atomic E-state index is 12.1. The van der Waals surface area contributed by atoms with Crippen LogP contribution in [0.5, 0.6) is 0 Å². The molecule has 3 N–H and O–H groups in total. The van der Waals surface area contributed by atoms with Crippen LogP contribution in [0.25, 0.3) is 0 Å². The van der Waals surface area contributed by atoms with Crippen molar-refractivity contribution in [3.8, 4) is 0 Å². The fourth-order valence-corrected chi connectivity index (χ4v) is 2.08. The molecule has 0 aromatic heterocycles. The average Bonchev–Trinajstić information content (AvgIpc) is 2.57. The highest BCUT2D eigenvalue weighted by Crippen LogP contribution is 2.18. The molecule has 6 nitrogen and oxygen atoms in total. The third-order valence-electron chi connectivity index (χ3n) is 3.46. The number of fused-ring (bicyclic) bond motifs is 1. The molecule has 2 atom stereocenters. The lowest BCUT2D eigenvalue weighted by atomic mass is 10.1. The van der Waals surface area contributed by atoms with Crippen LogP contribution >= 0.6 is 0 Å². The molecular formula is C15H19N3O3. The van der Waals surface area contributed by atoms with Gasteiger partial charge in [0.15, 0.2) is 0 Å². The topological polar surface area (TPSA) is 87.3 Å². The Labute approximate surface area is 123 Å². The summed E-state index contributed by atoms with van der Waals surface area (Å²) in [7, 11) is 0. The third-order valence-corrected chi connectivity index (χ3v) is 3.46. The SMILES string of the molecule is CCC(C)NC(=O)CC1NC(=O)c2ccccc2NC1=O. The number of para-hydroxylation sites is 1. The van der Waals surface area contributed by atoms with Gasteiger partial charge in [0, 0.05) is 6.04 Å². The summed E-state index contributed by atoms with van der Waals surface area (Å²) < 4.78 is 0. The van der Waals surface area contributed by atoms with Crippen LogP contribution in [-0.4, -0.2) is 29.8 Å². The van der Waals surface area contributed by atoms with Crippen LogP contribution in [0.1, 0.15) is 37.0 Å². The molecule has 112 valence electrons. The Hall–Kier alpha value is -2.37. The molecule has 0 fully saturated rings. The van der Waals surface area contributed by atoms with E-state index in [0.29, 0.717) is 11.3 Å². The molecule has 0 aliphatic carbocycles. The number of carbonyl (C=O) groups excluding carboxylic acids is 3. The van der Waals surface area contributed by atoms with Crippen molar-refractivity contribution in [3.63, 3.8) is 0 Å². The molecule has 21 heavy (non-hydrogen) atoms. The number of nitrogens with one attached hydrogen (secondary N) is 3. The smallest absolute Gasteiger partial charge is 0.254 e.